The number of carbonyl (C=O) groups is 2. The Morgan fingerprint density at radius 1 is 0.871 bits per heavy atom. The van der Waals surface area contributed by atoms with Crippen LogP contribution in [0.15, 0.2) is 83.8 Å². The summed E-state index contributed by atoms with van der Waals surface area (Å²) in [6.45, 7) is 3.27. The number of hydrogen-bond donors (Lipinski definition) is 1. The maximum absolute atomic E-state index is 14.0. The maximum atomic E-state index is 14.0. The van der Waals surface area contributed by atoms with Crippen LogP contribution in [0.1, 0.15) is 46.8 Å². The van der Waals surface area contributed by atoms with E-state index in [1.165, 1.54) is 26.4 Å². The van der Waals surface area contributed by atoms with E-state index in [2.05, 4.69) is 0 Å². The molecule has 0 radical (unpaired) electrons. The molecule has 3 fully saturated rings. The first-order chi connectivity index (χ1) is 29.9. The predicted molar refractivity (Wildman–Crippen MR) is 211 cm³/mol. The molecule has 5 aliphatic rings. The van der Waals surface area contributed by atoms with Crippen molar-refractivity contribution in [3.63, 3.8) is 0 Å². The largest absolute Gasteiger partial charge is 0.514 e. The number of aliphatic hydroxyl groups is 1. The van der Waals surface area contributed by atoms with Gasteiger partial charge in [0.25, 0.3) is 10.1 Å². The van der Waals surface area contributed by atoms with Crippen LogP contribution in [0.3, 0.4) is 0 Å². The van der Waals surface area contributed by atoms with E-state index in [4.69, 9.17) is 56.3 Å². The molecule has 4 aromatic rings. The number of benzene rings is 4. The Morgan fingerprint density at radius 3 is 2.26 bits per heavy atom. The van der Waals surface area contributed by atoms with Crippen molar-refractivity contribution in [3.05, 3.63) is 107 Å². The maximum Gasteiger partial charge on any atom is 0.514 e. The van der Waals surface area contributed by atoms with Crippen molar-refractivity contribution in [2.24, 2.45) is 11.8 Å². The number of cyclic esters (lactones) is 1. The second kappa shape index (κ2) is 17.0. The van der Waals surface area contributed by atoms with Crippen molar-refractivity contribution in [1.82, 2.24) is 0 Å². The Bertz CT molecular complexity index is 2400. The standard InChI is InChI=1S/C44H44O17S/c1-22-10-12-26(13-11-22)62(48,49)61-41-37(45)40-34(20-52-23(2)57-40)58-43(41)59-38-28-17-31-30(55-21-56-31)16-27(28)35(36-29(38)19-53-42(36)46)25-14-32(50-3)39(33(15-25)51-4)60-44(47)54-18-24-8-6-5-7-9-24/h5-17,23,29,34-38,40-41,43,45H,18-21H2,1-4H3/t23-,29+,34-,35-,36+,37+,38-,40-,41-,43+/m1/s1. The molecule has 62 heavy (non-hydrogen) atoms. The van der Waals surface area contributed by atoms with Crippen molar-refractivity contribution in [2.75, 3.05) is 34.2 Å². The zero-order chi connectivity index (χ0) is 43.3. The molecule has 0 aromatic heterocycles. The zero-order valence-corrected chi connectivity index (χ0v) is 34.8. The first-order valence-electron chi connectivity index (χ1n) is 19.9. The molecule has 3 saturated heterocycles. The molecule has 18 heteroatoms. The van der Waals surface area contributed by atoms with E-state index >= 15 is 0 Å². The van der Waals surface area contributed by atoms with Gasteiger partial charge in [-0.05, 0) is 72.5 Å². The van der Waals surface area contributed by atoms with Crippen LogP contribution in [0.2, 0.25) is 0 Å². The highest BCUT2D eigenvalue weighted by Gasteiger charge is 2.57. The van der Waals surface area contributed by atoms with Crippen molar-refractivity contribution in [3.8, 4) is 28.7 Å². The van der Waals surface area contributed by atoms with Crippen LogP contribution in [-0.4, -0.2) is 96.9 Å². The summed E-state index contributed by atoms with van der Waals surface area (Å²) >= 11 is 0. The number of aryl methyl sites for hydroxylation is 1. The lowest BCUT2D eigenvalue weighted by molar-refractivity contribution is -0.360. The lowest BCUT2D eigenvalue weighted by atomic mass is 9.66. The van der Waals surface area contributed by atoms with Crippen molar-refractivity contribution in [1.29, 1.82) is 0 Å². The fourth-order valence-electron chi connectivity index (χ4n) is 8.65. The number of ether oxygens (including phenoxy) is 11. The van der Waals surface area contributed by atoms with Gasteiger partial charge in [-0.25, -0.2) is 4.79 Å². The topological polar surface area (TPSA) is 199 Å². The SMILES string of the molecule is COc1cc([C@@H]2c3cc4c(cc3[C@@H](O[C@@H]3O[C@@H]5CO[C@@H](C)O[C@H]5[C@H](O)[C@H]3OS(=O)(=O)c3ccc(C)cc3)[C@H]3COC(=O)[C@H]23)OCO4)cc(OC)c1OC(=O)OCc1ccccc1. The smallest absolute Gasteiger partial charge is 0.493 e. The van der Waals surface area contributed by atoms with Crippen LogP contribution in [0.5, 0.6) is 28.7 Å². The molecule has 4 heterocycles. The lowest BCUT2D eigenvalue weighted by Crippen LogP contribution is -2.64. The first-order valence-corrected chi connectivity index (χ1v) is 21.3. The highest BCUT2D eigenvalue weighted by Crippen LogP contribution is 2.57. The van der Waals surface area contributed by atoms with Gasteiger partial charge < -0.3 is 57.2 Å². The Hall–Kier alpha value is -5.47. The number of methoxy groups -OCH3 is 2. The van der Waals surface area contributed by atoms with Gasteiger partial charge in [0.1, 0.15) is 24.9 Å². The minimum Gasteiger partial charge on any atom is -0.493 e. The van der Waals surface area contributed by atoms with Crippen molar-refractivity contribution in [2.45, 2.75) is 74.4 Å². The van der Waals surface area contributed by atoms with E-state index in [-0.39, 0.29) is 48.8 Å². The van der Waals surface area contributed by atoms with Gasteiger partial charge in [0.15, 0.2) is 41.7 Å². The van der Waals surface area contributed by atoms with E-state index in [1.54, 1.807) is 55.5 Å². The molecule has 0 saturated carbocycles. The van der Waals surface area contributed by atoms with Crippen LogP contribution < -0.4 is 23.7 Å². The van der Waals surface area contributed by atoms with Gasteiger partial charge in [-0.3, -0.25) is 8.98 Å². The van der Waals surface area contributed by atoms with Gasteiger partial charge in [-0.15, -0.1) is 0 Å². The monoisotopic (exact) mass is 876 g/mol. The van der Waals surface area contributed by atoms with E-state index in [0.717, 1.165) is 11.1 Å². The molecule has 0 spiro atoms. The Labute approximate surface area is 356 Å². The first kappa shape index (κ1) is 41.9. The third kappa shape index (κ3) is 7.91. The minimum atomic E-state index is -4.50. The number of esters is 1. The van der Waals surface area contributed by atoms with Crippen LogP contribution in [0.4, 0.5) is 4.79 Å². The number of hydrogen-bond acceptors (Lipinski definition) is 17. The lowest BCUT2D eigenvalue weighted by Gasteiger charge is -2.48. The molecule has 0 amide bonds. The molecule has 1 N–H and O–H groups in total. The molecule has 4 aromatic carbocycles. The predicted octanol–water partition coefficient (Wildman–Crippen LogP) is 5.07. The van der Waals surface area contributed by atoms with E-state index < -0.39 is 83.1 Å². The van der Waals surface area contributed by atoms with E-state index in [1.807, 2.05) is 25.1 Å². The molecule has 9 rings (SSSR count). The van der Waals surface area contributed by atoms with Crippen LogP contribution in [-0.2, 0) is 54.1 Å². The van der Waals surface area contributed by atoms with Crippen LogP contribution >= 0.6 is 0 Å². The van der Waals surface area contributed by atoms with Crippen LogP contribution in [0, 0.1) is 18.8 Å². The summed E-state index contributed by atoms with van der Waals surface area (Å²) in [6.07, 6.45) is -9.39. The summed E-state index contributed by atoms with van der Waals surface area (Å²) in [5, 5.41) is 11.8. The molecular weight excluding hydrogens is 833 g/mol. The minimum absolute atomic E-state index is 0.00394. The third-order valence-corrected chi connectivity index (χ3v) is 13.0. The normalized spacial score (nSPS) is 28.5. The molecule has 4 aliphatic heterocycles. The summed E-state index contributed by atoms with van der Waals surface area (Å²) < 4.78 is 98.0. The number of aliphatic hydroxyl groups excluding tert-OH is 1. The van der Waals surface area contributed by atoms with Gasteiger partial charge in [0.05, 0.1) is 44.4 Å². The average molecular weight is 877 g/mol. The molecular formula is C44H44O17S. The van der Waals surface area contributed by atoms with Gasteiger partial charge >= 0.3 is 12.1 Å². The van der Waals surface area contributed by atoms with Gasteiger partial charge in [0, 0.05) is 11.8 Å². The van der Waals surface area contributed by atoms with E-state index in [0.29, 0.717) is 28.2 Å². The fraction of sp³-hybridized carbons (Fsp3) is 0.409. The Kier molecular flexibility index (Phi) is 11.5. The summed E-state index contributed by atoms with van der Waals surface area (Å²) in [6, 6.07) is 21.9. The third-order valence-electron chi connectivity index (χ3n) is 11.6. The molecule has 17 nitrogen and oxygen atoms in total. The number of fused-ring (bicyclic) bond motifs is 4. The van der Waals surface area contributed by atoms with E-state index in [9.17, 15) is 23.1 Å². The van der Waals surface area contributed by atoms with Gasteiger partial charge in [-0.2, -0.15) is 8.42 Å². The summed E-state index contributed by atoms with van der Waals surface area (Å²) in [5.41, 5.74) is 3.22. The second-order valence-corrected chi connectivity index (χ2v) is 17.0. The summed E-state index contributed by atoms with van der Waals surface area (Å²) in [5.74, 6) is -1.94. The highest BCUT2D eigenvalue weighted by molar-refractivity contribution is 7.86. The number of carbonyl (C=O) groups excluding carboxylic acids is 2. The second-order valence-electron chi connectivity index (χ2n) is 15.4. The van der Waals surface area contributed by atoms with Crippen molar-refractivity contribution >= 4 is 22.2 Å². The molecule has 0 unspecified atom stereocenters. The highest BCUT2D eigenvalue weighted by atomic mass is 32.2. The number of rotatable bonds is 11. The fourth-order valence-corrected chi connectivity index (χ4v) is 9.72. The van der Waals surface area contributed by atoms with Gasteiger partial charge in [0.2, 0.25) is 12.5 Å². The molecule has 1 aliphatic carbocycles. The van der Waals surface area contributed by atoms with Gasteiger partial charge in [-0.1, -0.05) is 48.0 Å². The van der Waals surface area contributed by atoms with Crippen LogP contribution in [0.25, 0.3) is 0 Å². The Morgan fingerprint density at radius 2 is 1.56 bits per heavy atom. The summed E-state index contributed by atoms with van der Waals surface area (Å²) in [4.78, 5) is 26.8. The average Bonchev–Trinajstić information content (AvgIpc) is 3.90. The Balaban J connectivity index is 1.09. The quantitative estimate of drug-likeness (QED) is 0.119. The molecule has 328 valence electrons. The zero-order valence-electron chi connectivity index (χ0n) is 34.0. The molecule has 10 atom stereocenters. The summed E-state index contributed by atoms with van der Waals surface area (Å²) in [7, 11) is -1.71. The van der Waals surface area contributed by atoms with Crippen molar-refractivity contribution < 1.29 is 79.4 Å². The molecule has 0 bridgehead atoms.